The Morgan fingerprint density at radius 2 is 1.67 bits per heavy atom. The number of hydrogen-bond donors (Lipinski definition) is 4. The van der Waals surface area contributed by atoms with Gasteiger partial charge in [-0.25, -0.2) is 0 Å². The first-order valence-electron chi connectivity index (χ1n) is 13.4. The van der Waals surface area contributed by atoms with Crippen molar-refractivity contribution in [1.82, 2.24) is 25.6 Å². The van der Waals surface area contributed by atoms with Crippen LogP contribution in [0.2, 0.25) is 5.02 Å². The molecule has 0 saturated carbocycles. The zero-order valence-corrected chi connectivity index (χ0v) is 24.4. The molecule has 0 saturated heterocycles. The van der Waals surface area contributed by atoms with Crippen LogP contribution in [0.1, 0.15) is 37.6 Å². The highest BCUT2D eigenvalue weighted by atomic mass is 35.5. The highest BCUT2D eigenvalue weighted by Crippen LogP contribution is 2.23. The molecule has 0 bridgehead atoms. The van der Waals surface area contributed by atoms with Crippen LogP contribution in [0, 0.1) is 5.41 Å². The van der Waals surface area contributed by atoms with E-state index < -0.39 is 18.8 Å². The SMILES string of the molecule is CCNc1nc(Nc2ccc(C(=O)NCC(C)(C)CNCCCOc3ccccc3Cl)cc2)nc(OCC(F)(F)F)n1. The lowest BCUT2D eigenvalue weighted by atomic mass is 9.93. The highest BCUT2D eigenvalue weighted by molar-refractivity contribution is 6.32. The molecule has 4 N–H and O–H groups in total. The van der Waals surface area contributed by atoms with Crippen LogP contribution in [-0.2, 0) is 0 Å². The Bertz CT molecular complexity index is 1290. The topological polar surface area (TPSA) is 122 Å². The minimum absolute atomic E-state index is 0.0139. The second kappa shape index (κ2) is 15.4. The van der Waals surface area contributed by atoms with Gasteiger partial charge in [0.25, 0.3) is 5.91 Å². The van der Waals surface area contributed by atoms with E-state index in [1.807, 2.05) is 18.2 Å². The number of ether oxygens (including phenoxy) is 2. The summed E-state index contributed by atoms with van der Waals surface area (Å²) < 4.78 is 48.0. The zero-order valence-electron chi connectivity index (χ0n) is 23.6. The Morgan fingerprint density at radius 1 is 0.952 bits per heavy atom. The number of benzene rings is 2. The number of nitrogens with one attached hydrogen (secondary N) is 4. The van der Waals surface area contributed by atoms with Crippen LogP contribution >= 0.6 is 11.6 Å². The molecule has 2 aromatic carbocycles. The fourth-order valence-electron chi connectivity index (χ4n) is 3.55. The molecule has 1 amide bonds. The van der Waals surface area contributed by atoms with E-state index in [2.05, 4.69) is 54.8 Å². The number of aromatic nitrogens is 3. The van der Waals surface area contributed by atoms with Crippen LogP contribution in [-0.4, -0.2) is 66.4 Å². The Kier molecular flexibility index (Phi) is 12.0. The molecule has 0 aliphatic carbocycles. The van der Waals surface area contributed by atoms with Gasteiger partial charge in [0.2, 0.25) is 11.9 Å². The maximum atomic E-state index is 12.7. The van der Waals surface area contributed by atoms with Gasteiger partial charge in [0.05, 0.1) is 11.6 Å². The summed E-state index contributed by atoms with van der Waals surface area (Å²) in [5, 5.41) is 12.6. The molecule has 10 nitrogen and oxygen atoms in total. The van der Waals surface area contributed by atoms with Crippen LogP contribution < -0.4 is 30.7 Å². The number of para-hydroxylation sites is 1. The van der Waals surface area contributed by atoms with Gasteiger partial charge in [0.15, 0.2) is 6.61 Å². The normalized spacial score (nSPS) is 11.6. The third kappa shape index (κ3) is 11.6. The van der Waals surface area contributed by atoms with E-state index in [9.17, 15) is 18.0 Å². The maximum absolute atomic E-state index is 12.7. The van der Waals surface area contributed by atoms with Gasteiger partial charge in [0, 0.05) is 30.9 Å². The summed E-state index contributed by atoms with van der Waals surface area (Å²) in [4.78, 5) is 24.6. The van der Waals surface area contributed by atoms with E-state index in [1.54, 1.807) is 37.3 Å². The molecule has 14 heteroatoms. The lowest BCUT2D eigenvalue weighted by molar-refractivity contribution is -0.154. The minimum atomic E-state index is -4.53. The molecule has 0 radical (unpaired) electrons. The van der Waals surface area contributed by atoms with Crippen molar-refractivity contribution >= 4 is 35.1 Å². The number of carbonyl (C=O) groups is 1. The molecule has 0 atom stereocenters. The highest BCUT2D eigenvalue weighted by Gasteiger charge is 2.29. The molecule has 3 aromatic rings. The van der Waals surface area contributed by atoms with Crippen molar-refractivity contribution in [2.24, 2.45) is 5.41 Å². The van der Waals surface area contributed by atoms with Gasteiger partial charge in [-0.15, -0.1) is 0 Å². The number of anilines is 3. The quantitative estimate of drug-likeness (QED) is 0.157. The second-order valence-electron chi connectivity index (χ2n) is 10.1. The number of halogens is 4. The first-order chi connectivity index (χ1) is 19.9. The average molecular weight is 610 g/mol. The van der Waals surface area contributed by atoms with Crippen molar-refractivity contribution in [1.29, 1.82) is 0 Å². The maximum Gasteiger partial charge on any atom is 0.422 e. The largest absolute Gasteiger partial charge is 0.492 e. The van der Waals surface area contributed by atoms with Gasteiger partial charge in [0.1, 0.15) is 5.75 Å². The van der Waals surface area contributed by atoms with Crippen molar-refractivity contribution in [2.45, 2.75) is 33.4 Å². The first-order valence-corrected chi connectivity index (χ1v) is 13.7. The fraction of sp³-hybridized carbons (Fsp3) is 0.429. The summed E-state index contributed by atoms with van der Waals surface area (Å²) in [6.45, 7) is 7.24. The number of rotatable bonds is 16. The molecule has 0 spiro atoms. The van der Waals surface area contributed by atoms with Gasteiger partial charge >= 0.3 is 12.2 Å². The number of amides is 1. The molecule has 3 rings (SSSR count). The van der Waals surface area contributed by atoms with Crippen molar-refractivity contribution in [3.8, 4) is 11.8 Å². The van der Waals surface area contributed by atoms with Crippen LogP contribution in [0.25, 0.3) is 0 Å². The number of nitrogens with zero attached hydrogens (tertiary/aromatic N) is 3. The Balaban J connectivity index is 1.44. The number of alkyl halides is 3. The first kappa shape index (κ1) is 32.7. The minimum Gasteiger partial charge on any atom is -0.492 e. The Morgan fingerprint density at radius 3 is 2.36 bits per heavy atom. The van der Waals surface area contributed by atoms with Gasteiger partial charge in [-0.1, -0.05) is 37.6 Å². The van der Waals surface area contributed by atoms with E-state index in [-0.39, 0.29) is 23.2 Å². The van der Waals surface area contributed by atoms with Gasteiger partial charge < -0.3 is 30.7 Å². The third-order valence-corrected chi connectivity index (χ3v) is 5.95. The Hall–Kier alpha value is -3.84. The van der Waals surface area contributed by atoms with E-state index in [1.165, 1.54) is 0 Å². The van der Waals surface area contributed by atoms with Crippen LogP contribution in [0.4, 0.5) is 30.8 Å². The second-order valence-corrected chi connectivity index (χ2v) is 10.5. The lowest BCUT2D eigenvalue weighted by Gasteiger charge is -2.25. The third-order valence-electron chi connectivity index (χ3n) is 5.64. The molecule has 1 aromatic heterocycles. The summed E-state index contributed by atoms with van der Waals surface area (Å²) in [5.41, 5.74) is 0.763. The van der Waals surface area contributed by atoms with Crippen LogP contribution in [0.3, 0.4) is 0 Å². The average Bonchev–Trinajstić information content (AvgIpc) is 2.93. The molecular formula is C28H35ClF3N7O3. The number of hydrogen-bond acceptors (Lipinski definition) is 9. The van der Waals surface area contributed by atoms with E-state index in [0.29, 0.717) is 48.3 Å². The molecule has 228 valence electrons. The molecule has 0 aliphatic heterocycles. The fourth-order valence-corrected chi connectivity index (χ4v) is 3.74. The zero-order chi connectivity index (χ0) is 30.6. The summed E-state index contributed by atoms with van der Waals surface area (Å²) in [7, 11) is 0. The van der Waals surface area contributed by atoms with Crippen molar-refractivity contribution in [3.05, 3.63) is 59.1 Å². The van der Waals surface area contributed by atoms with E-state index in [4.69, 9.17) is 16.3 Å². The predicted molar refractivity (Wildman–Crippen MR) is 156 cm³/mol. The summed E-state index contributed by atoms with van der Waals surface area (Å²) >= 11 is 6.09. The summed E-state index contributed by atoms with van der Waals surface area (Å²) in [5.74, 6) is 0.477. The van der Waals surface area contributed by atoms with Crippen molar-refractivity contribution < 1.29 is 27.4 Å². The lowest BCUT2D eigenvalue weighted by Crippen LogP contribution is -2.40. The van der Waals surface area contributed by atoms with Crippen LogP contribution in [0.5, 0.6) is 11.8 Å². The summed E-state index contributed by atoms with van der Waals surface area (Å²) in [6, 6.07) is 13.4. The molecule has 42 heavy (non-hydrogen) atoms. The van der Waals surface area contributed by atoms with Gasteiger partial charge in [-0.2, -0.15) is 28.1 Å². The Labute approximate surface area is 247 Å². The monoisotopic (exact) mass is 609 g/mol. The molecule has 1 heterocycles. The smallest absolute Gasteiger partial charge is 0.422 e. The molecular weight excluding hydrogens is 575 g/mol. The standard InChI is InChI=1S/C28H35ClF3N7O3/c1-4-34-24-37-25(39-26(38-24)42-18-28(30,31)32)36-20-12-10-19(11-13-20)23(40)35-17-27(2,3)16-33-14-7-15-41-22-9-6-5-8-21(22)29/h5-6,8-13,33H,4,7,14-18H2,1-3H3,(H,35,40)(H2,34,36,37,38,39). The van der Waals surface area contributed by atoms with Gasteiger partial charge in [-0.3, -0.25) is 4.79 Å². The molecule has 0 unspecified atom stereocenters. The number of carbonyl (C=O) groups excluding carboxylic acids is 1. The molecule has 0 aliphatic rings. The van der Waals surface area contributed by atoms with Crippen molar-refractivity contribution in [3.63, 3.8) is 0 Å². The van der Waals surface area contributed by atoms with Gasteiger partial charge in [-0.05, 0) is 61.7 Å². The van der Waals surface area contributed by atoms with E-state index >= 15 is 0 Å². The molecule has 0 fully saturated rings. The van der Waals surface area contributed by atoms with Crippen LogP contribution in [0.15, 0.2) is 48.5 Å². The summed E-state index contributed by atoms with van der Waals surface area (Å²) in [6.07, 6.45) is -3.73. The predicted octanol–water partition coefficient (Wildman–Crippen LogP) is 5.46. The van der Waals surface area contributed by atoms with Crippen molar-refractivity contribution in [2.75, 3.05) is 50.0 Å². The van der Waals surface area contributed by atoms with E-state index in [0.717, 1.165) is 13.0 Å².